The lowest BCUT2D eigenvalue weighted by atomic mass is 9.94. The van der Waals surface area contributed by atoms with Crippen LogP contribution in [0.3, 0.4) is 0 Å². The van der Waals surface area contributed by atoms with Gasteiger partial charge in [0.05, 0.1) is 7.11 Å². The van der Waals surface area contributed by atoms with E-state index in [1.807, 2.05) is 6.07 Å². The van der Waals surface area contributed by atoms with Gasteiger partial charge in [-0.25, -0.2) is 4.98 Å². The Bertz CT molecular complexity index is 591. The smallest absolute Gasteiger partial charge is 0.259 e. The summed E-state index contributed by atoms with van der Waals surface area (Å²) in [4.78, 5) is 8.45. The molecule has 2 aromatic heterocycles. The standard InChI is InChI=1S/C14H18N4O3/c1-20-12-4-3-10(8-16-12)7-11-17-13(21-18-11)14(19)5-2-6-15-9-14/h3-4,8,15,19H,2,5-7,9H2,1H3. The van der Waals surface area contributed by atoms with Crippen LogP contribution < -0.4 is 10.1 Å². The number of piperidine rings is 1. The lowest BCUT2D eigenvalue weighted by Crippen LogP contribution is -2.43. The fourth-order valence-electron chi connectivity index (χ4n) is 2.41. The van der Waals surface area contributed by atoms with E-state index in [-0.39, 0.29) is 5.89 Å². The number of pyridine rings is 1. The molecule has 2 aromatic rings. The van der Waals surface area contributed by atoms with Crippen molar-refractivity contribution in [3.8, 4) is 5.88 Å². The molecule has 1 unspecified atom stereocenters. The number of hydrogen-bond donors (Lipinski definition) is 2. The molecule has 1 saturated heterocycles. The van der Waals surface area contributed by atoms with Gasteiger partial charge in [0.2, 0.25) is 5.88 Å². The number of ether oxygens (including phenoxy) is 1. The summed E-state index contributed by atoms with van der Waals surface area (Å²) in [7, 11) is 1.58. The molecule has 0 bridgehead atoms. The summed E-state index contributed by atoms with van der Waals surface area (Å²) in [6.45, 7) is 1.35. The van der Waals surface area contributed by atoms with Crippen molar-refractivity contribution in [1.82, 2.24) is 20.4 Å². The molecule has 1 atom stereocenters. The van der Waals surface area contributed by atoms with Gasteiger partial charge in [-0.1, -0.05) is 11.2 Å². The molecule has 0 spiro atoms. The molecule has 7 heteroatoms. The predicted molar refractivity (Wildman–Crippen MR) is 73.9 cm³/mol. The minimum Gasteiger partial charge on any atom is -0.481 e. The summed E-state index contributed by atoms with van der Waals surface area (Å²) >= 11 is 0. The molecule has 3 heterocycles. The van der Waals surface area contributed by atoms with Gasteiger partial charge in [0.25, 0.3) is 5.89 Å². The predicted octanol–water partition coefficient (Wildman–Crippen LogP) is 0.635. The fourth-order valence-corrected chi connectivity index (χ4v) is 2.41. The lowest BCUT2D eigenvalue weighted by molar-refractivity contribution is -0.0167. The minimum absolute atomic E-state index is 0.283. The maximum Gasteiger partial charge on any atom is 0.259 e. The van der Waals surface area contributed by atoms with Gasteiger partial charge in [-0.3, -0.25) is 0 Å². The molecule has 2 N–H and O–H groups in total. The number of methoxy groups -OCH3 is 1. The van der Waals surface area contributed by atoms with E-state index in [1.165, 1.54) is 0 Å². The first-order valence-electron chi connectivity index (χ1n) is 6.95. The molecule has 1 fully saturated rings. The monoisotopic (exact) mass is 290 g/mol. The third-order valence-corrected chi connectivity index (χ3v) is 3.60. The number of nitrogens with one attached hydrogen (secondary N) is 1. The molecule has 0 saturated carbocycles. The second kappa shape index (κ2) is 5.79. The van der Waals surface area contributed by atoms with Crippen LogP contribution in [0.1, 0.15) is 30.1 Å². The molecule has 21 heavy (non-hydrogen) atoms. The Labute approximate surface area is 122 Å². The van der Waals surface area contributed by atoms with Gasteiger partial charge < -0.3 is 19.7 Å². The van der Waals surface area contributed by atoms with Gasteiger partial charge in [-0.05, 0) is 24.9 Å². The minimum atomic E-state index is -1.05. The van der Waals surface area contributed by atoms with Crippen molar-refractivity contribution in [2.45, 2.75) is 24.9 Å². The largest absolute Gasteiger partial charge is 0.481 e. The molecular formula is C14H18N4O3. The second-order valence-corrected chi connectivity index (χ2v) is 5.21. The quantitative estimate of drug-likeness (QED) is 0.853. The highest BCUT2D eigenvalue weighted by molar-refractivity contribution is 5.20. The molecule has 7 nitrogen and oxygen atoms in total. The van der Waals surface area contributed by atoms with Crippen LogP contribution in [0.4, 0.5) is 0 Å². The van der Waals surface area contributed by atoms with Crippen molar-refractivity contribution in [2.24, 2.45) is 0 Å². The summed E-state index contributed by atoms with van der Waals surface area (Å²) in [5.41, 5.74) is -0.0984. The van der Waals surface area contributed by atoms with E-state index in [2.05, 4.69) is 20.4 Å². The Hall–Kier alpha value is -1.99. The Morgan fingerprint density at radius 3 is 3.05 bits per heavy atom. The van der Waals surface area contributed by atoms with Crippen molar-refractivity contribution in [1.29, 1.82) is 0 Å². The van der Waals surface area contributed by atoms with Gasteiger partial charge in [-0.15, -0.1) is 0 Å². The van der Waals surface area contributed by atoms with Crippen LogP contribution in [0, 0.1) is 0 Å². The first kappa shape index (κ1) is 14.0. The number of hydrogen-bond acceptors (Lipinski definition) is 7. The topological polar surface area (TPSA) is 93.3 Å². The third kappa shape index (κ3) is 3.03. The van der Waals surface area contributed by atoms with E-state index in [4.69, 9.17) is 9.26 Å². The van der Waals surface area contributed by atoms with E-state index >= 15 is 0 Å². The average Bonchev–Trinajstić information content (AvgIpc) is 2.98. The Morgan fingerprint density at radius 2 is 2.38 bits per heavy atom. The van der Waals surface area contributed by atoms with E-state index in [0.29, 0.717) is 31.1 Å². The van der Waals surface area contributed by atoms with Crippen molar-refractivity contribution >= 4 is 0 Å². The van der Waals surface area contributed by atoms with Crippen molar-refractivity contribution in [3.05, 3.63) is 35.6 Å². The van der Waals surface area contributed by atoms with Crippen molar-refractivity contribution in [3.63, 3.8) is 0 Å². The van der Waals surface area contributed by atoms with E-state index in [9.17, 15) is 5.11 Å². The highest BCUT2D eigenvalue weighted by Gasteiger charge is 2.36. The highest BCUT2D eigenvalue weighted by Crippen LogP contribution is 2.27. The maximum atomic E-state index is 10.5. The number of β-amino-alcohol motifs (C(OH)–C–C–N with tert-alkyl or cyclic N) is 1. The number of rotatable bonds is 4. The molecule has 112 valence electrons. The molecule has 1 aliphatic rings. The molecule has 3 rings (SSSR count). The van der Waals surface area contributed by atoms with Gasteiger partial charge in [0, 0.05) is 25.2 Å². The first-order chi connectivity index (χ1) is 10.2. The van der Waals surface area contributed by atoms with E-state index in [0.717, 1.165) is 18.5 Å². The zero-order chi connectivity index (χ0) is 14.7. The Balaban J connectivity index is 1.72. The van der Waals surface area contributed by atoms with Crippen LogP contribution in [0.2, 0.25) is 0 Å². The Kier molecular flexibility index (Phi) is 3.85. The third-order valence-electron chi connectivity index (χ3n) is 3.60. The molecule has 0 aliphatic carbocycles. The van der Waals surface area contributed by atoms with E-state index in [1.54, 1.807) is 19.4 Å². The molecule has 0 amide bonds. The summed E-state index contributed by atoms with van der Waals surface area (Å²) < 4.78 is 10.2. The zero-order valence-corrected chi connectivity index (χ0v) is 11.9. The van der Waals surface area contributed by atoms with Crippen LogP contribution >= 0.6 is 0 Å². The van der Waals surface area contributed by atoms with E-state index < -0.39 is 5.60 Å². The summed E-state index contributed by atoms with van der Waals surface area (Å²) in [6.07, 6.45) is 3.73. The lowest BCUT2D eigenvalue weighted by Gasteiger charge is -2.28. The normalized spacial score (nSPS) is 22.2. The fraction of sp³-hybridized carbons (Fsp3) is 0.500. The molecular weight excluding hydrogens is 272 g/mol. The molecule has 1 aliphatic heterocycles. The van der Waals surface area contributed by atoms with Crippen LogP contribution in [0.5, 0.6) is 5.88 Å². The number of aromatic nitrogens is 3. The van der Waals surface area contributed by atoms with Crippen LogP contribution in [-0.4, -0.2) is 40.4 Å². The van der Waals surface area contributed by atoms with Gasteiger partial charge >= 0.3 is 0 Å². The Morgan fingerprint density at radius 1 is 1.48 bits per heavy atom. The number of nitrogens with zero attached hydrogens (tertiary/aromatic N) is 3. The summed E-state index contributed by atoms with van der Waals surface area (Å²) in [5, 5.41) is 17.6. The van der Waals surface area contributed by atoms with Gasteiger partial charge in [0.1, 0.15) is 0 Å². The second-order valence-electron chi connectivity index (χ2n) is 5.21. The first-order valence-corrected chi connectivity index (χ1v) is 6.95. The molecule has 0 radical (unpaired) electrons. The summed E-state index contributed by atoms with van der Waals surface area (Å²) in [5.74, 6) is 1.39. The highest BCUT2D eigenvalue weighted by atomic mass is 16.5. The molecule has 0 aromatic carbocycles. The van der Waals surface area contributed by atoms with Crippen molar-refractivity contribution < 1.29 is 14.4 Å². The number of aliphatic hydroxyl groups is 1. The zero-order valence-electron chi connectivity index (χ0n) is 11.9. The SMILES string of the molecule is COc1ccc(Cc2noc(C3(O)CCCNC3)n2)cn1. The van der Waals surface area contributed by atoms with Crippen molar-refractivity contribution in [2.75, 3.05) is 20.2 Å². The van der Waals surface area contributed by atoms with Crippen LogP contribution in [0.25, 0.3) is 0 Å². The van der Waals surface area contributed by atoms with Crippen LogP contribution in [-0.2, 0) is 12.0 Å². The van der Waals surface area contributed by atoms with Gasteiger partial charge in [-0.2, -0.15) is 4.98 Å². The average molecular weight is 290 g/mol. The van der Waals surface area contributed by atoms with Crippen LogP contribution in [0.15, 0.2) is 22.9 Å². The maximum absolute atomic E-state index is 10.5. The van der Waals surface area contributed by atoms with Gasteiger partial charge in [0.15, 0.2) is 11.4 Å². The summed E-state index contributed by atoms with van der Waals surface area (Å²) in [6, 6.07) is 3.69.